The van der Waals surface area contributed by atoms with Gasteiger partial charge in [-0.3, -0.25) is 14.9 Å². The molecule has 2 amide bonds. The molecule has 2 aromatic carbocycles. The fourth-order valence-electron chi connectivity index (χ4n) is 3.09. The second-order valence-corrected chi connectivity index (χ2v) is 5.73. The maximum absolute atomic E-state index is 12.1. The SMILES string of the molecule is Cc1ccc2ccc3onc(C4CCC(=O)NC4=O)c3c2c1. The molecule has 3 aromatic rings. The van der Waals surface area contributed by atoms with E-state index in [-0.39, 0.29) is 11.8 Å². The number of aryl methyl sites for hydroxylation is 1. The van der Waals surface area contributed by atoms with Crippen molar-refractivity contribution in [3.8, 4) is 0 Å². The van der Waals surface area contributed by atoms with Crippen molar-refractivity contribution in [2.24, 2.45) is 0 Å². The topological polar surface area (TPSA) is 72.2 Å². The van der Waals surface area contributed by atoms with Crippen LogP contribution in [0.3, 0.4) is 0 Å². The fraction of sp³-hybridized carbons (Fsp3) is 0.235. The molecule has 0 spiro atoms. The number of aromatic nitrogens is 1. The van der Waals surface area contributed by atoms with Gasteiger partial charge in [-0.15, -0.1) is 0 Å². The Kier molecular flexibility index (Phi) is 2.76. The van der Waals surface area contributed by atoms with E-state index in [1.165, 1.54) is 0 Å². The van der Waals surface area contributed by atoms with Crippen LogP contribution in [0.4, 0.5) is 0 Å². The zero-order chi connectivity index (χ0) is 15.3. The summed E-state index contributed by atoms with van der Waals surface area (Å²) < 4.78 is 5.41. The average Bonchev–Trinajstić information content (AvgIpc) is 2.91. The van der Waals surface area contributed by atoms with Crippen molar-refractivity contribution in [3.63, 3.8) is 0 Å². The van der Waals surface area contributed by atoms with Crippen LogP contribution in [0.15, 0.2) is 34.9 Å². The number of hydrogen-bond acceptors (Lipinski definition) is 4. The summed E-state index contributed by atoms with van der Waals surface area (Å²) in [5.74, 6) is -0.962. The minimum Gasteiger partial charge on any atom is -0.356 e. The molecule has 1 N–H and O–H groups in total. The first-order valence-corrected chi connectivity index (χ1v) is 7.26. The summed E-state index contributed by atoms with van der Waals surface area (Å²) >= 11 is 0. The van der Waals surface area contributed by atoms with Gasteiger partial charge in [0.2, 0.25) is 11.8 Å². The Balaban J connectivity index is 1.96. The normalized spacial score (nSPS) is 18.9. The summed E-state index contributed by atoms with van der Waals surface area (Å²) in [7, 11) is 0. The molecule has 2 heterocycles. The first kappa shape index (κ1) is 13.0. The summed E-state index contributed by atoms with van der Waals surface area (Å²) in [6.45, 7) is 2.03. The maximum atomic E-state index is 12.1. The summed E-state index contributed by atoms with van der Waals surface area (Å²) in [6, 6.07) is 10.0. The summed E-state index contributed by atoms with van der Waals surface area (Å²) in [5.41, 5.74) is 2.42. The van der Waals surface area contributed by atoms with Crippen LogP contribution in [0, 0.1) is 6.92 Å². The quantitative estimate of drug-likeness (QED) is 0.700. The Morgan fingerprint density at radius 2 is 2.05 bits per heavy atom. The molecular formula is C17H14N2O3. The van der Waals surface area contributed by atoms with E-state index in [0.717, 1.165) is 21.7 Å². The third kappa shape index (κ3) is 1.89. The number of carbonyl (C=O) groups is 2. The molecule has 5 nitrogen and oxygen atoms in total. The number of benzene rings is 2. The molecule has 1 unspecified atom stereocenters. The van der Waals surface area contributed by atoms with Gasteiger partial charge in [-0.05, 0) is 30.2 Å². The van der Waals surface area contributed by atoms with Crippen molar-refractivity contribution in [1.82, 2.24) is 10.5 Å². The smallest absolute Gasteiger partial charge is 0.235 e. The second kappa shape index (κ2) is 4.66. The second-order valence-electron chi connectivity index (χ2n) is 5.73. The van der Waals surface area contributed by atoms with Crippen molar-refractivity contribution < 1.29 is 14.1 Å². The van der Waals surface area contributed by atoms with Crippen molar-refractivity contribution in [2.75, 3.05) is 0 Å². The number of rotatable bonds is 1. The third-order valence-electron chi connectivity index (χ3n) is 4.21. The largest absolute Gasteiger partial charge is 0.356 e. The van der Waals surface area contributed by atoms with Crippen molar-refractivity contribution in [3.05, 3.63) is 41.6 Å². The van der Waals surface area contributed by atoms with E-state index in [0.29, 0.717) is 24.1 Å². The maximum Gasteiger partial charge on any atom is 0.235 e. The Bertz CT molecular complexity index is 926. The van der Waals surface area contributed by atoms with Crippen LogP contribution < -0.4 is 5.32 Å². The summed E-state index contributed by atoms with van der Waals surface area (Å²) in [6.07, 6.45) is 0.795. The molecule has 0 aliphatic carbocycles. The first-order chi connectivity index (χ1) is 10.6. The highest BCUT2D eigenvalue weighted by molar-refractivity contribution is 6.10. The monoisotopic (exact) mass is 294 g/mol. The van der Waals surface area contributed by atoms with Gasteiger partial charge in [-0.25, -0.2) is 0 Å². The van der Waals surface area contributed by atoms with E-state index in [9.17, 15) is 9.59 Å². The van der Waals surface area contributed by atoms with Crippen molar-refractivity contribution >= 4 is 33.6 Å². The first-order valence-electron chi connectivity index (χ1n) is 7.26. The van der Waals surface area contributed by atoms with Crippen LogP contribution in [-0.2, 0) is 9.59 Å². The Hall–Kier alpha value is -2.69. The summed E-state index contributed by atoms with van der Waals surface area (Å²) in [4.78, 5) is 23.5. The van der Waals surface area contributed by atoms with Gasteiger partial charge >= 0.3 is 0 Å². The van der Waals surface area contributed by atoms with Crippen molar-refractivity contribution in [1.29, 1.82) is 0 Å². The molecule has 0 radical (unpaired) electrons. The molecule has 0 saturated carbocycles. The number of amides is 2. The molecule has 4 rings (SSSR count). The molecular weight excluding hydrogens is 280 g/mol. The highest BCUT2D eigenvalue weighted by Gasteiger charge is 2.32. The minimum atomic E-state index is -0.440. The Morgan fingerprint density at radius 3 is 2.86 bits per heavy atom. The van der Waals surface area contributed by atoms with Gasteiger partial charge in [-0.1, -0.05) is 35.0 Å². The minimum absolute atomic E-state index is 0.227. The molecule has 1 aliphatic heterocycles. The number of piperidine rings is 1. The predicted molar refractivity (Wildman–Crippen MR) is 81.4 cm³/mol. The fourth-order valence-corrected chi connectivity index (χ4v) is 3.09. The van der Waals surface area contributed by atoms with E-state index in [1.54, 1.807) is 0 Å². The van der Waals surface area contributed by atoms with Crippen LogP contribution >= 0.6 is 0 Å². The molecule has 1 fully saturated rings. The molecule has 5 heteroatoms. The molecule has 1 atom stereocenters. The van der Waals surface area contributed by atoms with Crippen LogP contribution in [-0.4, -0.2) is 17.0 Å². The lowest BCUT2D eigenvalue weighted by atomic mass is 9.91. The van der Waals surface area contributed by atoms with E-state index < -0.39 is 5.92 Å². The van der Waals surface area contributed by atoms with Crippen LogP contribution in [0.25, 0.3) is 21.7 Å². The van der Waals surface area contributed by atoms with E-state index >= 15 is 0 Å². The Morgan fingerprint density at radius 1 is 1.23 bits per heavy atom. The highest BCUT2D eigenvalue weighted by atomic mass is 16.5. The lowest BCUT2D eigenvalue weighted by Crippen LogP contribution is -2.39. The van der Waals surface area contributed by atoms with Gasteiger partial charge in [0.15, 0.2) is 5.58 Å². The zero-order valence-electron chi connectivity index (χ0n) is 12.1. The van der Waals surface area contributed by atoms with E-state index in [1.807, 2.05) is 31.2 Å². The molecule has 1 aliphatic rings. The predicted octanol–water partition coefficient (Wildman–Crippen LogP) is 2.81. The number of nitrogens with one attached hydrogen (secondary N) is 1. The zero-order valence-corrected chi connectivity index (χ0v) is 12.1. The van der Waals surface area contributed by atoms with Crippen molar-refractivity contribution in [2.45, 2.75) is 25.7 Å². The van der Waals surface area contributed by atoms with Gasteiger partial charge in [0.1, 0.15) is 5.69 Å². The third-order valence-corrected chi connectivity index (χ3v) is 4.21. The van der Waals surface area contributed by atoms with Gasteiger partial charge < -0.3 is 4.52 Å². The highest BCUT2D eigenvalue weighted by Crippen LogP contribution is 2.35. The number of fused-ring (bicyclic) bond motifs is 3. The molecule has 1 saturated heterocycles. The number of hydrogen-bond donors (Lipinski definition) is 1. The van der Waals surface area contributed by atoms with E-state index in [4.69, 9.17) is 4.52 Å². The van der Waals surface area contributed by atoms with Gasteiger partial charge in [0.05, 0.1) is 11.3 Å². The number of nitrogens with zero attached hydrogens (tertiary/aromatic N) is 1. The number of imide groups is 1. The number of carbonyl (C=O) groups excluding carboxylic acids is 2. The van der Waals surface area contributed by atoms with Crippen LogP contribution in [0.5, 0.6) is 0 Å². The van der Waals surface area contributed by atoms with Crippen LogP contribution in [0.2, 0.25) is 0 Å². The lowest BCUT2D eigenvalue weighted by molar-refractivity contribution is -0.134. The molecule has 22 heavy (non-hydrogen) atoms. The van der Waals surface area contributed by atoms with Gasteiger partial charge in [0.25, 0.3) is 0 Å². The van der Waals surface area contributed by atoms with Crippen LogP contribution in [0.1, 0.15) is 30.0 Å². The average molecular weight is 294 g/mol. The molecule has 110 valence electrons. The molecule has 0 bridgehead atoms. The standard InChI is InChI=1S/C17H14N2O3/c1-9-2-3-10-4-6-13-15(12(10)8-9)16(19-22-13)11-5-7-14(20)18-17(11)21/h2-4,6,8,11H,5,7H2,1H3,(H,18,20,21). The van der Waals surface area contributed by atoms with Gasteiger partial charge in [0, 0.05) is 6.42 Å². The lowest BCUT2D eigenvalue weighted by Gasteiger charge is -2.19. The van der Waals surface area contributed by atoms with E-state index in [2.05, 4.69) is 16.5 Å². The molecule has 1 aromatic heterocycles. The Labute approximate surface area is 126 Å². The summed E-state index contributed by atoms with van der Waals surface area (Å²) in [5, 5.41) is 9.49. The van der Waals surface area contributed by atoms with Gasteiger partial charge in [-0.2, -0.15) is 0 Å².